The molecule has 0 saturated heterocycles. The van der Waals surface area contributed by atoms with Gasteiger partial charge in [0.15, 0.2) is 0 Å². The summed E-state index contributed by atoms with van der Waals surface area (Å²) < 4.78 is 5.87. The third-order valence-corrected chi connectivity index (χ3v) is 4.13. The average Bonchev–Trinajstić information content (AvgIpc) is 3.32. The number of nitrogens with zero attached hydrogens (tertiary/aromatic N) is 2. The molecule has 1 saturated carbocycles. The van der Waals surface area contributed by atoms with Gasteiger partial charge in [0.2, 0.25) is 5.88 Å². The number of halogens is 1. The van der Waals surface area contributed by atoms with E-state index in [1.54, 1.807) is 0 Å². The lowest BCUT2D eigenvalue weighted by molar-refractivity contribution is 0.228. The molecule has 0 aliphatic heterocycles. The van der Waals surface area contributed by atoms with Crippen LogP contribution in [0.2, 0.25) is 0 Å². The quantitative estimate of drug-likeness (QED) is 0.762. The van der Waals surface area contributed by atoms with Crippen LogP contribution in [0.25, 0.3) is 10.8 Å². The van der Waals surface area contributed by atoms with Gasteiger partial charge in [0.25, 0.3) is 0 Å². The van der Waals surface area contributed by atoms with Crippen molar-refractivity contribution < 1.29 is 4.74 Å². The Labute approximate surface area is 124 Å². The molecule has 1 fully saturated rings. The standard InChI is InChI=1S/C16H19ClN2O/c1-19(13-6-7-13)8-9-20-16-15-5-3-2-4-14(15)12(10-17)11-18-16/h2-5,11,13H,6-10H2,1H3. The summed E-state index contributed by atoms with van der Waals surface area (Å²) in [5.41, 5.74) is 1.05. The maximum Gasteiger partial charge on any atom is 0.221 e. The second kappa shape index (κ2) is 5.98. The van der Waals surface area contributed by atoms with Gasteiger partial charge in [-0.1, -0.05) is 18.2 Å². The fraction of sp³-hybridized carbons (Fsp3) is 0.438. The van der Waals surface area contributed by atoms with Gasteiger partial charge in [-0.3, -0.25) is 0 Å². The van der Waals surface area contributed by atoms with E-state index in [1.165, 1.54) is 12.8 Å². The molecule has 20 heavy (non-hydrogen) atoms. The van der Waals surface area contributed by atoms with Gasteiger partial charge in [-0.05, 0) is 36.9 Å². The summed E-state index contributed by atoms with van der Waals surface area (Å²) in [7, 11) is 2.16. The van der Waals surface area contributed by atoms with Crippen molar-refractivity contribution in [2.75, 3.05) is 20.2 Å². The number of hydrogen-bond acceptors (Lipinski definition) is 3. The van der Waals surface area contributed by atoms with E-state index in [9.17, 15) is 0 Å². The average molecular weight is 291 g/mol. The highest BCUT2D eigenvalue weighted by Gasteiger charge is 2.25. The number of likely N-dealkylation sites (N-methyl/N-ethyl adjacent to an activating group) is 1. The second-order valence-electron chi connectivity index (χ2n) is 5.33. The summed E-state index contributed by atoms with van der Waals surface area (Å²) in [5.74, 6) is 1.18. The van der Waals surface area contributed by atoms with Crippen LogP contribution in [0.3, 0.4) is 0 Å². The lowest BCUT2D eigenvalue weighted by Gasteiger charge is -2.16. The zero-order chi connectivity index (χ0) is 13.9. The molecule has 0 unspecified atom stereocenters. The van der Waals surface area contributed by atoms with Gasteiger partial charge in [-0.2, -0.15) is 0 Å². The molecule has 1 aliphatic rings. The number of rotatable bonds is 6. The van der Waals surface area contributed by atoms with E-state index in [-0.39, 0.29) is 0 Å². The molecule has 0 spiro atoms. The van der Waals surface area contributed by atoms with E-state index in [0.717, 1.165) is 28.9 Å². The molecule has 1 aliphatic carbocycles. The van der Waals surface area contributed by atoms with Crippen LogP contribution < -0.4 is 4.74 Å². The molecule has 3 nitrogen and oxygen atoms in total. The maximum absolute atomic E-state index is 5.96. The smallest absolute Gasteiger partial charge is 0.221 e. The topological polar surface area (TPSA) is 25.4 Å². The molecule has 1 heterocycles. The Morgan fingerprint density at radius 1 is 1.30 bits per heavy atom. The van der Waals surface area contributed by atoms with Crippen molar-refractivity contribution in [2.24, 2.45) is 0 Å². The molecule has 0 radical (unpaired) electrons. The van der Waals surface area contributed by atoms with Crippen molar-refractivity contribution >= 4 is 22.4 Å². The monoisotopic (exact) mass is 290 g/mol. The highest BCUT2D eigenvalue weighted by molar-refractivity contribution is 6.18. The van der Waals surface area contributed by atoms with Crippen LogP contribution in [-0.2, 0) is 5.88 Å². The van der Waals surface area contributed by atoms with Gasteiger partial charge >= 0.3 is 0 Å². The second-order valence-corrected chi connectivity index (χ2v) is 5.60. The Hall–Kier alpha value is -1.32. The fourth-order valence-electron chi connectivity index (χ4n) is 2.43. The van der Waals surface area contributed by atoms with Crippen molar-refractivity contribution in [1.82, 2.24) is 9.88 Å². The summed E-state index contributed by atoms with van der Waals surface area (Å²) in [6.07, 6.45) is 4.46. The lowest BCUT2D eigenvalue weighted by Crippen LogP contribution is -2.26. The number of alkyl halides is 1. The molecule has 0 atom stereocenters. The normalized spacial score (nSPS) is 14.9. The highest BCUT2D eigenvalue weighted by atomic mass is 35.5. The van der Waals surface area contributed by atoms with Gasteiger partial charge in [0, 0.05) is 30.0 Å². The fourth-order valence-corrected chi connectivity index (χ4v) is 2.64. The van der Waals surface area contributed by atoms with Gasteiger partial charge in [-0.25, -0.2) is 4.98 Å². The highest BCUT2D eigenvalue weighted by Crippen LogP contribution is 2.27. The minimum Gasteiger partial charge on any atom is -0.476 e. The summed E-state index contributed by atoms with van der Waals surface area (Å²) >= 11 is 5.96. The van der Waals surface area contributed by atoms with E-state index in [4.69, 9.17) is 16.3 Å². The third kappa shape index (κ3) is 2.89. The summed E-state index contributed by atoms with van der Waals surface area (Å²) in [5, 5.41) is 2.17. The van der Waals surface area contributed by atoms with Crippen molar-refractivity contribution in [3.63, 3.8) is 0 Å². The Morgan fingerprint density at radius 2 is 2.05 bits per heavy atom. The molecule has 3 rings (SSSR count). The number of fused-ring (bicyclic) bond motifs is 1. The predicted molar refractivity (Wildman–Crippen MR) is 82.4 cm³/mol. The first-order valence-corrected chi connectivity index (χ1v) is 7.58. The molecule has 0 N–H and O–H groups in total. The summed E-state index contributed by atoms with van der Waals surface area (Å²) in [6.45, 7) is 1.61. The molecule has 1 aromatic carbocycles. The van der Waals surface area contributed by atoms with Crippen LogP contribution in [0.5, 0.6) is 5.88 Å². The van der Waals surface area contributed by atoms with Crippen molar-refractivity contribution in [3.8, 4) is 5.88 Å². The number of benzene rings is 1. The van der Waals surface area contributed by atoms with Gasteiger partial charge in [-0.15, -0.1) is 11.6 Å². The van der Waals surface area contributed by atoms with Crippen LogP contribution in [0.4, 0.5) is 0 Å². The molecule has 2 aromatic rings. The molecule has 1 aromatic heterocycles. The molecular formula is C16H19ClN2O. The molecule has 106 valence electrons. The zero-order valence-electron chi connectivity index (χ0n) is 11.7. The Kier molecular flexibility index (Phi) is 4.08. The summed E-state index contributed by atoms with van der Waals surface area (Å²) in [4.78, 5) is 6.77. The van der Waals surface area contributed by atoms with Crippen LogP contribution >= 0.6 is 11.6 Å². The van der Waals surface area contributed by atoms with E-state index in [1.807, 2.05) is 24.4 Å². The van der Waals surface area contributed by atoms with Gasteiger partial charge < -0.3 is 9.64 Å². The molecule has 0 amide bonds. The van der Waals surface area contributed by atoms with Gasteiger partial charge in [0.1, 0.15) is 6.61 Å². The minimum absolute atomic E-state index is 0.470. The molecular weight excluding hydrogens is 272 g/mol. The Bertz CT molecular complexity index is 598. The maximum atomic E-state index is 5.96. The number of hydrogen-bond donors (Lipinski definition) is 0. The zero-order valence-corrected chi connectivity index (χ0v) is 12.4. The third-order valence-electron chi connectivity index (χ3n) is 3.84. The summed E-state index contributed by atoms with van der Waals surface area (Å²) in [6, 6.07) is 8.90. The van der Waals surface area contributed by atoms with Crippen LogP contribution in [0.1, 0.15) is 18.4 Å². The molecule has 4 heteroatoms. The first-order valence-electron chi connectivity index (χ1n) is 7.05. The number of aromatic nitrogens is 1. The van der Waals surface area contributed by atoms with E-state index >= 15 is 0 Å². The van der Waals surface area contributed by atoms with Crippen LogP contribution in [0, 0.1) is 0 Å². The minimum atomic E-state index is 0.470. The van der Waals surface area contributed by atoms with Crippen molar-refractivity contribution in [1.29, 1.82) is 0 Å². The van der Waals surface area contributed by atoms with Crippen LogP contribution in [0.15, 0.2) is 30.5 Å². The van der Waals surface area contributed by atoms with Crippen LogP contribution in [-0.4, -0.2) is 36.1 Å². The Balaban J connectivity index is 1.74. The largest absolute Gasteiger partial charge is 0.476 e. The SMILES string of the molecule is CN(CCOc1ncc(CCl)c2ccccc12)C1CC1. The number of pyridine rings is 1. The van der Waals surface area contributed by atoms with E-state index < -0.39 is 0 Å². The predicted octanol–water partition coefficient (Wildman–Crippen LogP) is 3.45. The molecule has 0 bridgehead atoms. The number of ether oxygens (including phenoxy) is 1. The van der Waals surface area contributed by atoms with E-state index in [0.29, 0.717) is 18.4 Å². The van der Waals surface area contributed by atoms with Crippen molar-refractivity contribution in [3.05, 3.63) is 36.0 Å². The first kappa shape index (κ1) is 13.7. The Morgan fingerprint density at radius 3 is 2.75 bits per heavy atom. The van der Waals surface area contributed by atoms with Crippen molar-refractivity contribution in [2.45, 2.75) is 24.8 Å². The van der Waals surface area contributed by atoms with E-state index in [2.05, 4.69) is 23.0 Å². The lowest BCUT2D eigenvalue weighted by atomic mass is 10.1. The first-order chi connectivity index (χ1) is 9.79. The van der Waals surface area contributed by atoms with Gasteiger partial charge in [0.05, 0.1) is 0 Å².